The van der Waals surface area contributed by atoms with Crippen LogP contribution < -0.4 is 11.3 Å². The van der Waals surface area contributed by atoms with Crippen molar-refractivity contribution in [3.8, 4) is 22.5 Å². The maximum Gasteiger partial charge on any atom is 0.439 e. The molecule has 2 heterocycles. The third-order valence-electron chi connectivity index (χ3n) is 6.16. The van der Waals surface area contributed by atoms with E-state index >= 15 is 0 Å². The molecule has 0 bridgehead atoms. The van der Waals surface area contributed by atoms with Gasteiger partial charge in [0, 0.05) is 23.2 Å². The number of nitrogens with one attached hydrogen (secondary N) is 1. The van der Waals surface area contributed by atoms with E-state index in [2.05, 4.69) is 17.1 Å². The Labute approximate surface area is 230 Å². The van der Waals surface area contributed by atoms with E-state index in [1.807, 2.05) is 85.8 Å². The van der Waals surface area contributed by atoms with Crippen LogP contribution in [0.15, 0.2) is 98.1 Å². The van der Waals surface area contributed by atoms with Crippen LogP contribution in [0.25, 0.3) is 22.5 Å². The van der Waals surface area contributed by atoms with Crippen LogP contribution in [0, 0.1) is 6.92 Å². The fraction of sp³-hybridized carbons (Fsp3) is 0.172. The number of aromatic amines is 1. The molecular weight excluding hydrogens is 520 g/mol. The zero-order valence-corrected chi connectivity index (χ0v) is 22.6. The number of aryl methyl sites for hydroxylation is 1. The third kappa shape index (κ3) is 5.82. The first kappa shape index (κ1) is 27.2. The minimum absolute atomic E-state index is 0. The number of aromatic nitrogens is 4. The Morgan fingerprint density at radius 3 is 2.24 bits per heavy atom. The van der Waals surface area contributed by atoms with E-state index in [0.29, 0.717) is 18.8 Å². The van der Waals surface area contributed by atoms with E-state index in [4.69, 9.17) is 9.51 Å². The standard InChI is InChI=1S/C29H26N4O3S.ClH/c1-3-37-28-30-19(2)25(17-20-9-5-4-6-10-20)27(34)33(28)18-21-13-15-22(16-14-21)23-11-7-8-12-24(23)26-31-29(35)36-32-26;/h4-16H,3,17-18H2,1-2H3,(H,31,32,35);1H. The molecule has 0 fully saturated rings. The average molecular weight is 547 g/mol. The molecule has 0 atom stereocenters. The zero-order chi connectivity index (χ0) is 25.8. The largest absolute Gasteiger partial charge is 0.439 e. The van der Waals surface area contributed by atoms with Crippen LogP contribution in [0.2, 0.25) is 0 Å². The van der Waals surface area contributed by atoms with Gasteiger partial charge in [-0.15, -0.1) is 12.4 Å². The van der Waals surface area contributed by atoms with Gasteiger partial charge in [-0.3, -0.25) is 18.9 Å². The first-order valence-electron chi connectivity index (χ1n) is 12.0. The van der Waals surface area contributed by atoms with E-state index in [-0.39, 0.29) is 18.0 Å². The Balaban J connectivity index is 0.00000336. The Kier molecular flexibility index (Phi) is 8.66. The first-order valence-corrected chi connectivity index (χ1v) is 13.0. The van der Waals surface area contributed by atoms with Gasteiger partial charge < -0.3 is 0 Å². The van der Waals surface area contributed by atoms with Crippen LogP contribution in [0.1, 0.15) is 29.3 Å². The highest BCUT2D eigenvalue weighted by Gasteiger charge is 2.16. The van der Waals surface area contributed by atoms with E-state index in [9.17, 15) is 9.59 Å². The van der Waals surface area contributed by atoms with Crippen molar-refractivity contribution in [2.24, 2.45) is 0 Å². The summed E-state index contributed by atoms with van der Waals surface area (Å²) in [6, 6.07) is 25.7. The Morgan fingerprint density at radius 1 is 0.895 bits per heavy atom. The SMILES string of the molecule is CCSc1nc(C)c(Cc2ccccc2)c(=O)n1Cc1ccc(-c2ccccc2-c2noc(=O)[nH]2)cc1.Cl. The van der Waals surface area contributed by atoms with Gasteiger partial charge in [0.25, 0.3) is 5.56 Å². The van der Waals surface area contributed by atoms with Gasteiger partial charge in [0.05, 0.1) is 6.54 Å². The number of hydrogen-bond donors (Lipinski definition) is 1. The Hall–Kier alpha value is -3.88. The lowest BCUT2D eigenvalue weighted by atomic mass is 9.98. The number of hydrogen-bond acceptors (Lipinski definition) is 6. The molecule has 5 aromatic rings. The summed E-state index contributed by atoms with van der Waals surface area (Å²) in [6.45, 7) is 4.40. The van der Waals surface area contributed by atoms with E-state index in [1.54, 1.807) is 16.3 Å². The molecule has 9 heteroatoms. The molecule has 0 amide bonds. The van der Waals surface area contributed by atoms with Crippen molar-refractivity contribution in [3.05, 3.63) is 122 Å². The van der Waals surface area contributed by atoms with E-state index < -0.39 is 5.76 Å². The van der Waals surface area contributed by atoms with Crippen molar-refractivity contribution in [2.75, 3.05) is 5.75 Å². The Bertz CT molecular complexity index is 1640. The van der Waals surface area contributed by atoms with Crippen LogP contribution in [-0.4, -0.2) is 25.4 Å². The normalized spacial score (nSPS) is 10.8. The maximum atomic E-state index is 13.7. The van der Waals surface area contributed by atoms with Gasteiger partial charge in [0.1, 0.15) is 0 Å². The van der Waals surface area contributed by atoms with Crippen molar-refractivity contribution in [2.45, 2.75) is 32.0 Å². The van der Waals surface area contributed by atoms with Gasteiger partial charge in [-0.2, -0.15) is 0 Å². The number of thioether (sulfide) groups is 1. The minimum Gasteiger partial charge on any atom is -0.296 e. The monoisotopic (exact) mass is 546 g/mol. The summed E-state index contributed by atoms with van der Waals surface area (Å²) in [5, 5.41) is 4.57. The molecule has 0 aliphatic heterocycles. The van der Waals surface area contributed by atoms with Gasteiger partial charge in [-0.25, -0.2) is 9.78 Å². The molecule has 194 valence electrons. The molecule has 0 saturated carbocycles. The predicted molar refractivity (Wildman–Crippen MR) is 153 cm³/mol. The number of H-pyrrole nitrogens is 1. The average Bonchev–Trinajstić information content (AvgIpc) is 3.36. The fourth-order valence-electron chi connectivity index (χ4n) is 4.32. The lowest BCUT2D eigenvalue weighted by molar-refractivity contribution is 0.388. The molecule has 0 aliphatic carbocycles. The molecule has 5 rings (SSSR count). The topological polar surface area (TPSA) is 93.8 Å². The summed E-state index contributed by atoms with van der Waals surface area (Å²) in [5.74, 6) is 0.614. The highest BCUT2D eigenvalue weighted by atomic mass is 35.5. The molecule has 38 heavy (non-hydrogen) atoms. The second-order valence-corrected chi connectivity index (χ2v) is 9.86. The highest BCUT2D eigenvalue weighted by molar-refractivity contribution is 7.99. The van der Waals surface area contributed by atoms with Gasteiger partial charge >= 0.3 is 5.76 Å². The molecular formula is C29H27ClN4O3S. The van der Waals surface area contributed by atoms with Crippen LogP contribution in [0.5, 0.6) is 0 Å². The van der Waals surface area contributed by atoms with Gasteiger partial charge in [0.15, 0.2) is 11.0 Å². The quantitative estimate of drug-likeness (QED) is 0.197. The van der Waals surface area contributed by atoms with Crippen LogP contribution in [0.3, 0.4) is 0 Å². The second-order valence-electron chi connectivity index (χ2n) is 8.63. The number of rotatable bonds is 8. The summed E-state index contributed by atoms with van der Waals surface area (Å²) in [4.78, 5) is 32.5. The van der Waals surface area contributed by atoms with Crippen molar-refractivity contribution < 1.29 is 4.52 Å². The molecule has 0 spiro atoms. The smallest absolute Gasteiger partial charge is 0.296 e. The molecule has 0 radical (unpaired) electrons. The molecule has 1 N–H and O–H groups in total. The van der Waals surface area contributed by atoms with Crippen molar-refractivity contribution in [1.29, 1.82) is 0 Å². The molecule has 2 aromatic heterocycles. The Morgan fingerprint density at radius 2 is 1.58 bits per heavy atom. The first-order chi connectivity index (χ1) is 18.0. The number of halogens is 1. The van der Waals surface area contributed by atoms with Gasteiger partial charge in [-0.1, -0.05) is 103 Å². The lowest BCUT2D eigenvalue weighted by Crippen LogP contribution is -2.28. The molecule has 0 saturated heterocycles. The molecule has 0 aliphatic rings. The summed E-state index contributed by atoms with van der Waals surface area (Å²) in [5.41, 5.74) is 6.23. The van der Waals surface area contributed by atoms with E-state index in [0.717, 1.165) is 50.0 Å². The lowest BCUT2D eigenvalue weighted by Gasteiger charge is -2.16. The van der Waals surface area contributed by atoms with Crippen LogP contribution >= 0.6 is 24.2 Å². The maximum absolute atomic E-state index is 13.7. The molecule has 3 aromatic carbocycles. The molecule has 0 unspecified atom stereocenters. The van der Waals surface area contributed by atoms with Gasteiger partial charge in [-0.05, 0) is 34.9 Å². The van der Waals surface area contributed by atoms with Crippen molar-refractivity contribution in [3.63, 3.8) is 0 Å². The van der Waals surface area contributed by atoms with Gasteiger partial charge in [0.2, 0.25) is 0 Å². The summed E-state index contributed by atoms with van der Waals surface area (Å²) >= 11 is 1.57. The van der Waals surface area contributed by atoms with E-state index in [1.165, 1.54) is 0 Å². The minimum atomic E-state index is -0.593. The number of benzene rings is 3. The van der Waals surface area contributed by atoms with Crippen LogP contribution in [-0.2, 0) is 13.0 Å². The fourth-order valence-corrected chi connectivity index (χ4v) is 5.08. The predicted octanol–water partition coefficient (Wildman–Crippen LogP) is 5.73. The second kappa shape index (κ2) is 12.1. The third-order valence-corrected chi connectivity index (χ3v) is 7.02. The summed E-state index contributed by atoms with van der Waals surface area (Å²) < 4.78 is 6.47. The highest BCUT2D eigenvalue weighted by Crippen LogP contribution is 2.30. The van der Waals surface area contributed by atoms with Crippen LogP contribution in [0.4, 0.5) is 0 Å². The number of nitrogens with zero attached hydrogens (tertiary/aromatic N) is 3. The van der Waals surface area contributed by atoms with Crippen molar-refractivity contribution >= 4 is 24.2 Å². The summed E-state index contributed by atoms with van der Waals surface area (Å²) in [6.07, 6.45) is 0.551. The summed E-state index contributed by atoms with van der Waals surface area (Å²) in [7, 11) is 0. The molecule has 7 nitrogen and oxygen atoms in total. The van der Waals surface area contributed by atoms with Crippen molar-refractivity contribution in [1.82, 2.24) is 19.7 Å². The zero-order valence-electron chi connectivity index (χ0n) is 21.0.